The van der Waals surface area contributed by atoms with Crippen LogP contribution in [0.2, 0.25) is 0 Å². The maximum absolute atomic E-state index is 13.6. The Bertz CT molecular complexity index is 1130. The van der Waals surface area contributed by atoms with Gasteiger partial charge in [0.25, 0.3) is 0 Å². The summed E-state index contributed by atoms with van der Waals surface area (Å²) in [5.41, 5.74) is 5.24. The second kappa shape index (κ2) is 12.1. The number of ether oxygens (including phenoxy) is 1. The maximum Gasteiger partial charge on any atom is 0.123 e. The Labute approximate surface area is 221 Å². The van der Waals surface area contributed by atoms with Gasteiger partial charge in [0.1, 0.15) is 11.6 Å². The van der Waals surface area contributed by atoms with Crippen molar-refractivity contribution in [3.05, 3.63) is 95.3 Å². The summed E-state index contributed by atoms with van der Waals surface area (Å²) in [5.74, 6) is 1.28. The molecule has 1 fully saturated rings. The predicted molar refractivity (Wildman–Crippen MR) is 150 cm³/mol. The summed E-state index contributed by atoms with van der Waals surface area (Å²) >= 11 is 0. The average Bonchev–Trinajstić information content (AvgIpc) is 2.95. The summed E-state index contributed by atoms with van der Waals surface area (Å²) in [5, 5.41) is 4.10. The van der Waals surface area contributed by atoms with E-state index in [4.69, 9.17) is 4.74 Å². The van der Waals surface area contributed by atoms with Gasteiger partial charge < -0.3 is 14.5 Å². The molecule has 3 aromatic rings. The van der Waals surface area contributed by atoms with Crippen molar-refractivity contribution in [3.63, 3.8) is 0 Å². The van der Waals surface area contributed by atoms with Crippen molar-refractivity contribution in [3.8, 4) is 5.75 Å². The molecule has 5 heteroatoms. The van der Waals surface area contributed by atoms with Gasteiger partial charge in [-0.15, -0.1) is 0 Å². The zero-order valence-corrected chi connectivity index (χ0v) is 22.2. The van der Waals surface area contributed by atoms with Crippen molar-refractivity contribution in [2.45, 2.75) is 57.8 Å². The molecule has 37 heavy (non-hydrogen) atoms. The fourth-order valence-corrected chi connectivity index (χ4v) is 5.97. The number of hydrogen-bond acceptors (Lipinski definition) is 4. The molecule has 2 aliphatic rings. The summed E-state index contributed by atoms with van der Waals surface area (Å²) in [4.78, 5) is 5.14. The summed E-state index contributed by atoms with van der Waals surface area (Å²) in [6, 6.07) is 24.8. The molecule has 0 bridgehead atoms. The Balaban J connectivity index is 1.23. The smallest absolute Gasteiger partial charge is 0.123 e. The lowest BCUT2D eigenvalue weighted by molar-refractivity contribution is 0.177. The van der Waals surface area contributed by atoms with Crippen LogP contribution in [0.15, 0.2) is 72.8 Å². The highest BCUT2D eigenvalue weighted by Crippen LogP contribution is 2.36. The van der Waals surface area contributed by atoms with E-state index in [1.165, 1.54) is 29.7 Å². The van der Waals surface area contributed by atoms with Crippen molar-refractivity contribution in [2.24, 2.45) is 5.92 Å². The number of nitrogens with zero attached hydrogens (tertiary/aromatic N) is 2. The van der Waals surface area contributed by atoms with Gasteiger partial charge in [-0.05, 0) is 98.1 Å². The van der Waals surface area contributed by atoms with E-state index in [-0.39, 0.29) is 12.0 Å². The number of piperidine rings is 1. The summed E-state index contributed by atoms with van der Waals surface area (Å²) in [6.45, 7) is 6.46. The molecule has 0 aromatic heterocycles. The van der Waals surface area contributed by atoms with Crippen LogP contribution in [0, 0.1) is 11.7 Å². The minimum atomic E-state index is -0.178. The largest absolute Gasteiger partial charge is 0.497 e. The monoisotopic (exact) mass is 501 g/mol. The van der Waals surface area contributed by atoms with E-state index >= 15 is 0 Å². The Morgan fingerprint density at radius 3 is 2.32 bits per heavy atom. The van der Waals surface area contributed by atoms with E-state index in [1.807, 2.05) is 12.1 Å². The van der Waals surface area contributed by atoms with Crippen LogP contribution in [0.4, 0.5) is 10.1 Å². The number of rotatable bonds is 9. The molecule has 2 aliphatic heterocycles. The highest BCUT2D eigenvalue weighted by atomic mass is 19.1. The van der Waals surface area contributed by atoms with Gasteiger partial charge in [-0.3, -0.25) is 5.32 Å². The fraction of sp³-hybridized carbons (Fsp3) is 0.438. The number of benzene rings is 3. The third kappa shape index (κ3) is 6.34. The van der Waals surface area contributed by atoms with Gasteiger partial charge in [-0.2, -0.15) is 0 Å². The zero-order chi connectivity index (χ0) is 25.6. The lowest BCUT2D eigenvalue weighted by Gasteiger charge is -2.46. The van der Waals surface area contributed by atoms with Crippen LogP contribution in [-0.2, 0) is 19.4 Å². The van der Waals surface area contributed by atoms with Gasteiger partial charge in [-0.1, -0.05) is 49.4 Å². The highest BCUT2D eigenvalue weighted by Gasteiger charge is 2.35. The molecule has 0 spiro atoms. The van der Waals surface area contributed by atoms with Gasteiger partial charge in [-0.25, -0.2) is 4.39 Å². The Morgan fingerprint density at radius 1 is 0.919 bits per heavy atom. The van der Waals surface area contributed by atoms with E-state index in [1.54, 1.807) is 19.2 Å². The molecule has 2 atom stereocenters. The normalized spacial score (nSPS) is 20.6. The first kappa shape index (κ1) is 25.7. The lowest BCUT2D eigenvalue weighted by atomic mass is 9.86. The van der Waals surface area contributed by atoms with Crippen molar-refractivity contribution in [1.82, 2.24) is 10.2 Å². The molecule has 0 aliphatic carbocycles. The Kier molecular flexibility index (Phi) is 8.42. The summed E-state index contributed by atoms with van der Waals surface area (Å²) in [6.07, 6.45) is 5.92. The van der Waals surface area contributed by atoms with Crippen molar-refractivity contribution < 1.29 is 9.13 Å². The van der Waals surface area contributed by atoms with Gasteiger partial charge in [0.05, 0.1) is 13.3 Å². The first-order valence-electron chi connectivity index (χ1n) is 13.8. The van der Waals surface area contributed by atoms with E-state index in [9.17, 15) is 4.39 Å². The van der Waals surface area contributed by atoms with E-state index in [2.05, 4.69) is 70.6 Å². The quantitative estimate of drug-likeness (QED) is 0.387. The molecule has 1 saturated heterocycles. The molecule has 0 amide bonds. The molecule has 3 aromatic carbocycles. The molecular weight excluding hydrogens is 461 g/mol. The molecule has 1 unspecified atom stereocenters. The van der Waals surface area contributed by atoms with Gasteiger partial charge in [0.2, 0.25) is 0 Å². The first-order chi connectivity index (χ1) is 18.1. The molecule has 4 nitrogen and oxygen atoms in total. The minimum Gasteiger partial charge on any atom is -0.497 e. The van der Waals surface area contributed by atoms with Crippen LogP contribution in [-0.4, -0.2) is 43.9 Å². The van der Waals surface area contributed by atoms with Crippen LogP contribution < -0.4 is 15.0 Å². The van der Waals surface area contributed by atoms with Crippen molar-refractivity contribution in [1.29, 1.82) is 0 Å². The molecular formula is C32H40FN3O. The van der Waals surface area contributed by atoms with Gasteiger partial charge >= 0.3 is 0 Å². The van der Waals surface area contributed by atoms with Crippen LogP contribution in [0.25, 0.3) is 0 Å². The van der Waals surface area contributed by atoms with Crippen LogP contribution in [0.3, 0.4) is 0 Å². The lowest BCUT2D eigenvalue weighted by Crippen LogP contribution is -2.58. The van der Waals surface area contributed by atoms with E-state index < -0.39 is 0 Å². The zero-order valence-electron chi connectivity index (χ0n) is 22.2. The molecule has 196 valence electrons. The van der Waals surface area contributed by atoms with Crippen LogP contribution >= 0.6 is 0 Å². The number of halogens is 1. The molecule has 2 heterocycles. The van der Waals surface area contributed by atoms with Gasteiger partial charge in [0, 0.05) is 24.8 Å². The predicted octanol–water partition coefficient (Wildman–Crippen LogP) is 6.05. The SMILES string of the molecule is CC[C@H]1Cc2ccccc2N(Cc2ccc(F)cc2)C1NC1CCN(CCc2ccc(OC)cc2)CC1. The second-order valence-corrected chi connectivity index (χ2v) is 10.6. The number of anilines is 1. The first-order valence-corrected chi connectivity index (χ1v) is 13.8. The van der Waals surface area contributed by atoms with Crippen LogP contribution in [0.5, 0.6) is 5.75 Å². The Morgan fingerprint density at radius 2 is 1.62 bits per heavy atom. The van der Waals surface area contributed by atoms with Crippen LogP contribution in [0.1, 0.15) is 42.9 Å². The number of fused-ring (bicyclic) bond motifs is 1. The number of nitrogens with one attached hydrogen (secondary N) is 1. The van der Waals surface area contributed by atoms with E-state index in [0.717, 1.165) is 56.8 Å². The summed E-state index contributed by atoms with van der Waals surface area (Å²) < 4.78 is 18.9. The van der Waals surface area contributed by atoms with Crippen molar-refractivity contribution >= 4 is 5.69 Å². The Hall–Kier alpha value is -2.89. The van der Waals surface area contributed by atoms with E-state index in [0.29, 0.717) is 12.0 Å². The molecule has 1 N–H and O–H groups in total. The second-order valence-electron chi connectivity index (χ2n) is 10.6. The number of methoxy groups -OCH3 is 1. The molecule has 5 rings (SSSR count). The number of hydrogen-bond donors (Lipinski definition) is 1. The minimum absolute atomic E-state index is 0.178. The number of likely N-dealkylation sites (tertiary alicyclic amines) is 1. The standard InChI is InChI=1S/C32H40FN3O/c1-3-26-22-27-6-4-5-7-31(27)36(23-25-8-12-28(33)13-9-25)32(26)34-29-17-20-35(21-18-29)19-16-24-10-14-30(37-2)15-11-24/h4-15,26,29,32,34H,3,16-23H2,1-2H3/t26-,32?/m0/s1. The summed E-state index contributed by atoms with van der Waals surface area (Å²) in [7, 11) is 1.71. The average molecular weight is 502 g/mol. The topological polar surface area (TPSA) is 27.7 Å². The third-order valence-corrected chi connectivity index (χ3v) is 8.23. The molecule has 0 radical (unpaired) electrons. The number of para-hydroxylation sites is 1. The maximum atomic E-state index is 13.6. The van der Waals surface area contributed by atoms with Gasteiger partial charge in [0.15, 0.2) is 0 Å². The fourth-order valence-electron chi connectivity index (χ4n) is 5.97. The third-order valence-electron chi connectivity index (χ3n) is 8.23. The van der Waals surface area contributed by atoms with Crippen molar-refractivity contribution in [2.75, 3.05) is 31.6 Å². The molecule has 0 saturated carbocycles. The highest BCUT2D eigenvalue weighted by molar-refractivity contribution is 5.57.